The maximum absolute atomic E-state index is 6.32. The summed E-state index contributed by atoms with van der Waals surface area (Å²) in [6.45, 7) is 0. The molecule has 1 aliphatic carbocycles. The Morgan fingerprint density at radius 1 is 0.438 bits per heavy atom. The van der Waals surface area contributed by atoms with Crippen molar-refractivity contribution in [3.63, 3.8) is 0 Å². The molecular weight excluding hydrogens is 590 g/mol. The summed E-state index contributed by atoms with van der Waals surface area (Å²) in [7, 11) is 0. The molecule has 226 valence electrons. The normalized spacial score (nSPS) is 13.0. The van der Waals surface area contributed by atoms with E-state index < -0.39 is 0 Å². The molecule has 0 radical (unpaired) electrons. The molecular formula is C43H27N3O2. The molecule has 0 amide bonds. The van der Waals surface area contributed by atoms with E-state index >= 15 is 0 Å². The topological polar surface area (TPSA) is 65.0 Å². The SMILES string of the molecule is C1=C(c2nc(-c3ccccc3)nc(-c3cccc4c(-c5cccc6oc7ccccc7c56)cccc34)n2)c2c(oc3ccccc23)CC1. The number of hydrogen-bond donors (Lipinski definition) is 0. The molecule has 0 bridgehead atoms. The molecule has 48 heavy (non-hydrogen) atoms. The third kappa shape index (κ3) is 4.14. The minimum absolute atomic E-state index is 0.634. The lowest BCUT2D eigenvalue weighted by atomic mass is 9.92. The monoisotopic (exact) mass is 617 g/mol. The first kappa shape index (κ1) is 26.8. The lowest BCUT2D eigenvalue weighted by Crippen LogP contribution is -2.06. The van der Waals surface area contributed by atoms with Gasteiger partial charge in [-0.1, -0.05) is 121 Å². The predicted octanol–water partition coefficient (Wildman–Crippen LogP) is 11.0. The van der Waals surface area contributed by atoms with Gasteiger partial charge in [0.05, 0.1) is 0 Å². The molecule has 0 N–H and O–H groups in total. The molecule has 0 atom stereocenters. The van der Waals surface area contributed by atoms with Crippen molar-refractivity contribution in [3.8, 4) is 33.9 Å². The van der Waals surface area contributed by atoms with Gasteiger partial charge < -0.3 is 8.83 Å². The Hall–Kier alpha value is -6.33. The van der Waals surface area contributed by atoms with Gasteiger partial charge >= 0.3 is 0 Å². The van der Waals surface area contributed by atoms with Crippen LogP contribution in [0.25, 0.3) is 83.2 Å². The van der Waals surface area contributed by atoms with Crippen LogP contribution in [-0.2, 0) is 6.42 Å². The molecule has 0 saturated heterocycles. The van der Waals surface area contributed by atoms with Crippen LogP contribution in [0.2, 0.25) is 0 Å². The maximum Gasteiger partial charge on any atom is 0.164 e. The van der Waals surface area contributed by atoms with E-state index in [1.54, 1.807) is 0 Å². The molecule has 9 aromatic rings. The van der Waals surface area contributed by atoms with Gasteiger partial charge in [0.15, 0.2) is 17.5 Å². The second-order valence-corrected chi connectivity index (χ2v) is 12.2. The van der Waals surface area contributed by atoms with Gasteiger partial charge in [0.1, 0.15) is 22.5 Å². The number of aromatic nitrogens is 3. The summed E-state index contributed by atoms with van der Waals surface area (Å²) in [5, 5.41) is 5.50. The van der Waals surface area contributed by atoms with Crippen LogP contribution in [0.4, 0.5) is 0 Å². The zero-order valence-corrected chi connectivity index (χ0v) is 25.9. The number of aryl methyl sites for hydroxylation is 1. The van der Waals surface area contributed by atoms with E-state index in [0.717, 1.165) is 95.7 Å². The van der Waals surface area contributed by atoms with Crippen molar-refractivity contribution in [2.75, 3.05) is 0 Å². The summed E-state index contributed by atoms with van der Waals surface area (Å²) in [5.74, 6) is 2.90. The van der Waals surface area contributed by atoms with Crippen molar-refractivity contribution in [3.05, 3.63) is 157 Å². The second kappa shape index (κ2) is 10.6. The highest BCUT2D eigenvalue weighted by Gasteiger charge is 2.25. The lowest BCUT2D eigenvalue weighted by molar-refractivity contribution is 0.545. The number of allylic oxidation sites excluding steroid dienone is 1. The average Bonchev–Trinajstić information content (AvgIpc) is 3.73. The van der Waals surface area contributed by atoms with E-state index in [1.807, 2.05) is 60.7 Å². The zero-order chi connectivity index (χ0) is 31.6. The molecule has 6 aromatic carbocycles. The van der Waals surface area contributed by atoms with Crippen molar-refractivity contribution in [2.45, 2.75) is 12.8 Å². The number of hydrogen-bond acceptors (Lipinski definition) is 5. The molecule has 3 aromatic heterocycles. The Morgan fingerprint density at radius 2 is 1.04 bits per heavy atom. The molecule has 3 heterocycles. The summed E-state index contributed by atoms with van der Waals surface area (Å²) in [4.78, 5) is 15.4. The number of benzene rings is 6. The Bertz CT molecular complexity index is 2740. The van der Waals surface area contributed by atoms with Gasteiger partial charge in [0, 0.05) is 44.8 Å². The number of rotatable bonds is 4. The van der Waals surface area contributed by atoms with Crippen LogP contribution >= 0.6 is 0 Å². The molecule has 10 rings (SSSR count). The van der Waals surface area contributed by atoms with E-state index in [4.69, 9.17) is 23.8 Å². The fourth-order valence-corrected chi connectivity index (χ4v) is 7.29. The highest BCUT2D eigenvalue weighted by Crippen LogP contribution is 2.42. The predicted molar refractivity (Wildman–Crippen MR) is 193 cm³/mol. The number of fused-ring (bicyclic) bond motifs is 7. The maximum atomic E-state index is 6.32. The van der Waals surface area contributed by atoms with Crippen LogP contribution in [0.5, 0.6) is 0 Å². The van der Waals surface area contributed by atoms with Gasteiger partial charge in [0.25, 0.3) is 0 Å². The first-order valence-corrected chi connectivity index (χ1v) is 16.3. The standard InChI is InChI=1S/C43H27N3O2/c1-2-12-26(13-3-1)41-44-42(46-43(45-41)34-21-11-25-38-40(34)33-15-5-7-23-36(33)48-38)31-20-9-16-27-28(17-8-18-29(27)31)30-19-10-24-37-39(30)32-14-4-6-22-35(32)47-37/h1-10,12-24H,11,25H2. The Balaban J connectivity index is 1.20. The van der Waals surface area contributed by atoms with Crippen molar-refractivity contribution in [1.82, 2.24) is 15.0 Å². The Kier molecular flexibility index (Phi) is 5.93. The van der Waals surface area contributed by atoms with Crippen LogP contribution in [-0.4, -0.2) is 15.0 Å². The quantitative estimate of drug-likeness (QED) is 0.197. The molecule has 5 heteroatoms. The molecule has 0 aliphatic heterocycles. The minimum atomic E-state index is 0.634. The van der Waals surface area contributed by atoms with Gasteiger partial charge in [-0.05, 0) is 46.5 Å². The highest BCUT2D eigenvalue weighted by atomic mass is 16.3. The lowest BCUT2D eigenvalue weighted by Gasteiger charge is -2.15. The van der Waals surface area contributed by atoms with Gasteiger partial charge in [0.2, 0.25) is 0 Å². The van der Waals surface area contributed by atoms with Gasteiger partial charge in [-0.15, -0.1) is 0 Å². The summed E-state index contributed by atoms with van der Waals surface area (Å²) in [6.07, 6.45) is 3.95. The fraction of sp³-hybridized carbons (Fsp3) is 0.0465. The smallest absolute Gasteiger partial charge is 0.164 e. The van der Waals surface area contributed by atoms with Crippen LogP contribution in [0.1, 0.15) is 23.6 Å². The minimum Gasteiger partial charge on any atom is -0.460 e. The first-order valence-electron chi connectivity index (χ1n) is 16.3. The number of furan rings is 2. The largest absolute Gasteiger partial charge is 0.460 e. The summed E-state index contributed by atoms with van der Waals surface area (Å²) < 4.78 is 12.6. The van der Waals surface area contributed by atoms with Crippen molar-refractivity contribution >= 4 is 49.3 Å². The van der Waals surface area contributed by atoms with Crippen molar-refractivity contribution < 1.29 is 8.83 Å². The van der Waals surface area contributed by atoms with Crippen molar-refractivity contribution in [2.24, 2.45) is 0 Å². The molecule has 0 spiro atoms. The van der Waals surface area contributed by atoms with Gasteiger partial charge in [-0.2, -0.15) is 0 Å². The van der Waals surface area contributed by atoms with Crippen LogP contribution in [0.3, 0.4) is 0 Å². The van der Waals surface area contributed by atoms with E-state index in [0.29, 0.717) is 17.5 Å². The highest BCUT2D eigenvalue weighted by molar-refractivity contribution is 6.16. The molecule has 0 fully saturated rings. The third-order valence-corrected chi connectivity index (χ3v) is 9.42. The fourth-order valence-electron chi connectivity index (χ4n) is 7.29. The van der Waals surface area contributed by atoms with Crippen LogP contribution < -0.4 is 0 Å². The van der Waals surface area contributed by atoms with E-state index in [2.05, 4.69) is 78.9 Å². The number of nitrogens with zero attached hydrogens (tertiary/aromatic N) is 3. The summed E-state index contributed by atoms with van der Waals surface area (Å²) >= 11 is 0. The van der Waals surface area contributed by atoms with Gasteiger partial charge in [-0.25, -0.2) is 15.0 Å². The molecule has 0 unspecified atom stereocenters. The summed E-state index contributed by atoms with van der Waals surface area (Å²) in [6, 6.07) is 45.8. The van der Waals surface area contributed by atoms with Crippen molar-refractivity contribution in [1.29, 1.82) is 0 Å². The molecule has 0 saturated carbocycles. The Morgan fingerprint density at radius 3 is 1.90 bits per heavy atom. The number of para-hydroxylation sites is 2. The molecule has 1 aliphatic rings. The van der Waals surface area contributed by atoms with Crippen LogP contribution in [0, 0.1) is 0 Å². The molecule has 5 nitrogen and oxygen atoms in total. The average molecular weight is 618 g/mol. The first-order chi connectivity index (χ1) is 23.8. The zero-order valence-electron chi connectivity index (χ0n) is 25.9. The second-order valence-electron chi connectivity index (χ2n) is 12.2. The third-order valence-electron chi connectivity index (χ3n) is 9.42. The van der Waals surface area contributed by atoms with Crippen LogP contribution in [0.15, 0.2) is 148 Å². The van der Waals surface area contributed by atoms with E-state index in [9.17, 15) is 0 Å². The van der Waals surface area contributed by atoms with E-state index in [1.165, 1.54) is 0 Å². The van der Waals surface area contributed by atoms with E-state index in [-0.39, 0.29) is 0 Å². The van der Waals surface area contributed by atoms with Gasteiger partial charge in [-0.3, -0.25) is 0 Å². The Labute approximate surface area is 275 Å². The summed E-state index contributed by atoms with van der Waals surface area (Å²) in [5.41, 5.74) is 8.87.